The topological polar surface area (TPSA) is 32.8 Å². The number of thioether (sulfide) groups is 1. The fourth-order valence-corrected chi connectivity index (χ4v) is 3.54. The molecule has 4 nitrogen and oxygen atoms in total. The molecule has 1 atom stereocenters. The molecule has 0 radical (unpaired) electrons. The minimum Gasteiger partial charge on any atom is -0.383 e. The van der Waals surface area contributed by atoms with Crippen LogP contribution in [0.5, 0.6) is 0 Å². The molecule has 0 saturated carbocycles. The number of hydrogen-bond acceptors (Lipinski definition) is 4. The van der Waals surface area contributed by atoms with Crippen LogP contribution in [0.1, 0.15) is 17.4 Å². The first-order valence-corrected chi connectivity index (χ1v) is 7.85. The minimum absolute atomic E-state index is 0.114. The van der Waals surface area contributed by atoms with E-state index in [2.05, 4.69) is 29.2 Å². The Morgan fingerprint density at radius 1 is 1.35 bits per heavy atom. The first-order valence-electron chi connectivity index (χ1n) is 6.81. The number of rotatable bonds is 5. The summed E-state index contributed by atoms with van der Waals surface area (Å²) in [5.74, 6) is 1.12. The molecule has 5 heteroatoms. The molecule has 1 saturated heterocycles. The van der Waals surface area contributed by atoms with Crippen molar-refractivity contribution >= 4 is 23.4 Å². The summed E-state index contributed by atoms with van der Waals surface area (Å²) >= 11 is 1.83. The maximum atomic E-state index is 12.1. The van der Waals surface area contributed by atoms with Crippen LogP contribution in [0.2, 0.25) is 0 Å². The first kappa shape index (κ1) is 15.2. The van der Waals surface area contributed by atoms with Gasteiger partial charge in [-0.25, -0.2) is 0 Å². The largest absolute Gasteiger partial charge is 0.383 e. The van der Waals surface area contributed by atoms with Gasteiger partial charge in [-0.2, -0.15) is 0 Å². The summed E-state index contributed by atoms with van der Waals surface area (Å²) in [7, 11) is 5.72. The Kier molecular flexibility index (Phi) is 5.31. The number of methoxy groups -OCH3 is 1. The molecule has 1 aliphatic rings. The summed E-state index contributed by atoms with van der Waals surface area (Å²) in [5, 5.41) is 0.114. The van der Waals surface area contributed by atoms with Gasteiger partial charge in [0.05, 0.1) is 6.61 Å². The number of amides is 1. The van der Waals surface area contributed by atoms with Gasteiger partial charge in [-0.1, -0.05) is 12.1 Å². The van der Waals surface area contributed by atoms with E-state index < -0.39 is 0 Å². The molecule has 0 N–H and O–H groups in total. The molecule has 110 valence electrons. The van der Waals surface area contributed by atoms with E-state index in [1.54, 1.807) is 7.11 Å². The lowest BCUT2D eigenvalue weighted by Gasteiger charge is -2.35. The third-order valence-corrected chi connectivity index (χ3v) is 4.71. The molecule has 1 unspecified atom stereocenters. The van der Waals surface area contributed by atoms with Crippen LogP contribution in [0.4, 0.5) is 5.69 Å². The number of benzene rings is 1. The Labute approximate surface area is 125 Å². The molecule has 0 spiro atoms. The highest BCUT2D eigenvalue weighted by molar-refractivity contribution is 7.99. The Morgan fingerprint density at radius 2 is 2.05 bits per heavy atom. The van der Waals surface area contributed by atoms with Crippen molar-refractivity contribution in [3.63, 3.8) is 0 Å². The van der Waals surface area contributed by atoms with Crippen LogP contribution in [0.3, 0.4) is 0 Å². The predicted molar refractivity (Wildman–Crippen MR) is 84.2 cm³/mol. The number of carbonyl (C=O) groups excluding carboxylic acids is 1. The van der Waals surface area contributed by atoms with Gasteiger partial charge in [0.1, 0.15) is 5.37 Å². The molecular weight excluding hydrogens is 272 g/mol. The highest BCUT2D eigenvalue weighted by Crippen LogP contribution is 2.37. The second-order valence-corrected chi connectivity index (χ2v) is 6.23. The Hall–Kier alpha value is -1.20. The predicted octanol–water partition coefficient (Wildman–Crippen LogP) is 2.36. The van der Waals surface area contributed by atoms with Crippen LogP contribution >= 0.6 is 11.8 Å². The molecule has 1 aliphatic heterocycles. The van der Waals surface area contributed by atoms with Gasteiger partial charge in [-0.3, -0.25) is 4.79 Å². The summed E-state index contributed by atoms with van der Waals surface area (Å²) in [6.07, 6.45) is 0.626. The standard InChI is InChI=1S/C15H22N2O2S/c1-16(2)13-6-4-12(5-7-13)15-17(9-10-19-3)14(18)8-11-20-15/h4-7,15H,8-11H2,1-3H3. The lowest BCUT2D eigenvalue weighted by molar-refractivity contribution is -0.132. The van der Waals surface area contributed by atoms with Crippen LogP contribution in [0.25, 0.3) is 0 Å². The van der Waals surface area contributed by atoms with Gasteiger partial charge in [-0.05, 0) is 17.7 Å². The number of hydrogen-bond donors (Lipinski definition) is 0. The smallest absolute Gasteiger partial charge is 0.224 e. The van der Waals surface area contributed by atoms with E-state index in [1.165, 1.54) is 11.3 Å². The zero-order valence-electron chi connectivity index (χ0n) is 12.3. The lowest BCUT2D eigenvalue weighted by Crippen LogP contribution is -2.39. The van der Waals surface area contributed by atoms with Crippen LogP contribution in [0.15, 0.2) is 24.3 Å². The van der Waals surface area contributed by atoms with Crippen molar-refractivity contribution in [1.29, 1.82) is 0 Å². The van der Waals surface area contributed by atoms with Gasteiger partial charge in [0.15, 0.2) is 0 Å². The molecule has 0 aromatic heterocycles. The van der Waals surface area contributed by atoms with Crippen LogP contribution in [0, 0.1) is 0 Å². The maximum Gasteiger partial charge on any atom is 0.224 e. The number of nitrogens with zero attached hydrogens (tertiary/aromatic N) is 2. The van der Waals surface area contributed by atoms with Crippen LogP contribution in [-0.4, -0.2) is 50.9 Å². The van der Waals surface area contributed by atoms with Crippen molar-refractivity contribution in [2.45, 2.75) is 11.8 Å². The number of carbonyl (C=O) groups is 1. The zero-order valence-corrected chi connectivity index (χ0v) is 13.2. The SMILES string of the molecule is COCCN1C(=O)CCSC1c1ccc(N(C)C)cc1. The Bertz CT molecular complexity index is 448. The van der Waals surface area contributed by atoms with Crippen molar-refractivity contribution in [3.8, 4) is 0 Å². The normalized spacial score (nSPS) is 19.2. The van der Waals surface area contributed by atoms with E-state index >= 15 is 0 Å². The summed E-state index contributed by atoms with van der Waals surface area (Å²) in [4.78, 5) is 16.1. The summed E-state index contributed by atoms with van der Waals surface area (Å²) in [6, 6.07) is 8.43. The number of ether oxygens (including phenoxy) is 1. The summed E-state index contributed by atoms with van der Waals surface area (Å²) in [6.45, 7) is 1.24. The van der Waals surface area contributed by atoms with Crippen molar-refractivity contribution in [1.82, 2.24) is 4.90 Å². The molecule has 1 aromatic rings. The van der Waals surface area contributed by atoms with Gasteiger partial charge >= 0.3 is 0 Å². The van der Waals surface area contributed by atoms with Crippen molar-refractivity contribution in [3.05, 3.63) is 29.8 Å². The number of anilines is 1. The fourth-order valence-electron chi connectivity index (χ4n) is 2.27. The van der Waals surface area contributed by atoms with E-state index in [9.17, 15) is 4.79 Å². The summed E-state index contributed by atoms with van der Waals surface area (Å²) in [5.41, 5.74) is 2.36. The maximum absolute atomic E-state index is 12.1. The molecule has 1 aromatic carbocycles. The Morgan fingerprint density at radius 3 is 2.65 bits per heavy atom. The average molecular weight is 294 g/mol. The van der Waals surface area contributed by atoms with E-state index in [-0.39, 0.29) is 11.3 Å². The minimum atomic E-state index is 0.114. The second-order valence-electron chi connectivity index (χ2n) is 5.04. The lowest BCUT2D eigenvalue weighted by atomic mass is 10.1. The highest BCUT2D eigenvalue weighted by Gasteiger charge is 2.29. The van der Waals surface area contributed by atoms with Crippen LogP contribution < -0.4 is 4.90 Å². The van der Waals surface area contributed by atoms with Crippen molar-refractivity contribution in [2.24, 2.45) is 0 Å². The molecule has 1 fully saturated rings. The molecule has 0 aliphatic carbocycles. The van der Waals surface area contributed by atoms with Crippen molar-refractivity contribution < 1.29 is 9.53 Å². The highest BCUT2D eigenvalue weighted by atomic mass is 32.2. The molecular formula is C15H22N2O2S. The molecule has 0 bridgehead atoms. The van der Waals surface area contributed by atoms with Gasteiger partial charge in [0, 0.05) is 45.6 Å². The first-order chi connectivity index (χ1) is 9.63. The van der Waals surface area contributed by atoms with Gasteiger partial charge in [0.2, 0.25) is 5.91 Å². The van der Waals surface area contributed by atoms with Gasteiger partial charge in [0.25, 0.3) is 0 Å². The van der Waals surface area contributed by atoms with Gasteiger partial charge in [-0.15, -0.1) is 11.8 Å². The van der Waals surface area contributed by atoms with Crippen LogP contribution in [-0.2, 0) is 9.53 Å². The monoisotopic (exact) mass is 294 g/mol. The van der Waals surface area contributed by atoms with Crippen molar-refractivity contribution in [2.75, 3.05) is 45.0 Å². The zero-order chi connectivity index (χ0) is 14.5. The Balaban J connectivity index is 2.16. The van der Waals surface area contributed by atoms with E-state index in [0.717, 1.165) is 5.75 Å². The van der Waals surface area contributed by atoms with E-state index in [4.69, 9.17) is 4.74 Å². The van der Waals surface area contributed by atoms with Gasteiger partial charge < -0.3 is 14.5 Å². The van der Waals surface area contributed by atoms with E-state index in [1.807, 2.05) is 30.8 Å². The average Bonchev–Trinajstić information content (AvgIpc) is 2.46. The third-order valence-electron chi connectivity index (χ3n) is 3.43. The second kappa shape index (κ2) is 6.99. The quantitative estimate of drug-likeness (QED) is 0.834. The third kappa shape index (κ3) is 3.46. The van der Waals surface area contributed by atoms with E-state index in [0.29, 0.717) is 19.6 Å². The fraction of sp³-hybridized carbons (Fsp3) is 0.533. The summed E-state index contributed by atoms with van der Waals surface area (Å²) < 4.78 is 5.12. The molecule has 1 amide bonds. The molecule has 20 heavy (non-hydrogen) atoms. The molecule has 2 rings (SSSR count). The molecule has 1 heterocycles.